The fourth-order valence-corrected chi connectivity index (χ4v) is 3.61. The second-order valence-corrected chi connectivity index (χ2v) is 7.14. The van der Waals surface area contributed by atoms with E-state index >= 15 is 0 Å². The van der Waals surface area contributed by atoms with Gasteiger partial charge in [-0.05, 0) is 51.2 Å². The van der Waals surface area contributed by atoms with Crippen LogP contribution < -0.4 is 11.1 Å². The number of aryl methyl sites for hydroxylation is 3. The van der Waals surface area contributed by atoms with Crippen LogP contribution in [0.1, 0.15) is 42.4 Å². The summed E-state index contributed by atoms with van der Waals surface area (Å²) in [5.41, 5.74) is 10.0. The average Bonchev–Trinajstić information content (AvgIpc) is 2.50. The van der Waals surface area contributed by atoms with Gasteiger partial charge in [0.25, 0.3) is 0 Å². The van der Waals surface area contributed by atoms with E-state index in [4.69, 9.17) is 5.73 Å². The molecular formula is C19H30ClN3O2. The van der Waals surface area contributed by atoms with E-state index in [1.54, 1.807) is 7.05 Å². The topological polar surface area (TPSA) is 75.4 Å². The van der Waals surface area contributed by atoms with Crippen LogP contribution in [0.5, 0.6) is 0 Å². The number of nitrogens with one attached hydrogen (secondary N) is 1. The molecule has 1 aliphatic carbocycles. The van der Waals surface area contributed by atoms with E-state index in [0.29, 0.717) is 0 Å². The number of nitrogens with two attached hydrogens (primary N) is 1. The van der Waals surface area contributed by atoms with Crippen LogP contribution in [0.4, 0.5) is 5.69 Å². The van der Waals surface area contributed by atoms with E-state index < -0.39 is 0 Å². The molecule has 1 aromatic carbocycles. The molecule has 25 heavy (non-hydrogen) atoms. The highest BCUT2D eigenvalue weighted by molar-refractivity contribution is 5.96. The summed E-state index contributed by atoms with van der Waals surface area (Å²) in [7, 11) is 1.69. The molecule has 0 spiro atoms. The molecule has 140 valence electrons. The molecule has 1 aliphatic rings. The Hall–Kier alpha value is -1.59. The summed E-state index contributed by atoms with van der Waals surface area (Å²) in [5, 5.41) is 2.95. The summed E-state index contributed by atoms with van der Waals surface area (Å²) < 4.78 is 0. The number of nitrogens with zero attached hydrogens (tertiary/aromatic N) is 1. The van der Waals surface area contributed by atoms with E-state index in [1.807, 2.05) is 32.9 Å². The average molecular weight is 368 g/mol. The summed E-state index contributed by atoms with van der Waals surface area (Å²) in [5.74, 6) is -0.187. The van der Waals surface area contributed by atoms with Crippen molar-refractivity contribution in [3.8, 4) is 0 Å². The normalized spacial score (nSPS) is 19.7. The maximum atomic E-state index is 12.5. The molecular weight excluding hydrogens is 338 g/mol. The molecule has 3 N–H and O–H groups in total. The molecule has 1 saturated carbocycles. The Morgan fingerprint density at radius 3 is 2.36 bits per heavy atom. The minimum Gasteiger partial charge on any atom is -0.336 e. The Morgan fingerprint density at radius 2 is 1.80 bits per heavy atom. The van der Waals surface area contributed by atoms with Crippen LogP contribution >= 0.6 is 12.4 Å². The number of carbonyl (C=O) groups is 2. The molecule has 2 unspecified atom stereocenters. The summed E-state index contributed by atoms with van der Waals surface area (Å²) >= 11 is 0. The highest BCUT2D eigenvalue weighted by Gasteiger charge is 2.28. The third-order valence-corrected chi connectivity index (χ3v) is 4.76. The molecule has 5 nitrogen and oxygen atoms in total. The van der Waals surface area contributed by atoms with Gasteiger partial charge in [0.05, 0.1) is 6.54 Å². The maximum Gasteiger partial charge on any atom is 0.243 e. The number of rotatable bonds is 4. The quantitative estimate of drug-likeness (QED) is 0.859. The van der Waals surface area contributed by atoms with Gasteiger partial charge < -0.3 is 16.0 Å². The van der Waals surface area contributed by atoms with E-state index in [2.05, 4.69) is 5.32 Å². The summed E-state index contributed by atoms with van der Waals surface area (Å²) in [6.07, 6.45) is 3.56. The molecule has 0 radical (unpaired) electrons. The molecule has 2 atom stereocenters. The van der Waals surface area contributed by atoms with Crippen molar-refractivity contribution >= 4 is 29.9 Å². The highest BCUT2D eigenvalue weighted by atomic mass is 35.5. The first kappa shape index (κ1) is 21.5. The van der Waals surface area contributed by atoms with Crippen molar-refractivity contribution in [1.29, 1.82) is 0 Å². The number of hydrogen-bond acceptors (Lipinski definition) is 3. The maximum absolute atomic E-state index is 12.5. The smallest absolute Gasteiger partial charge is 0.243 e. The first-order valence-electron chi connectivity index (χ1n) is 8.66. The Bertz CT molecular complexity index is 610. The SMILES string of the molecule is Cc1cc(C)c(NC(=O)CN(C)C(=O)C2CCCC(N)C2)c(C)c1.Cl. The summed E-state index contributed by atoms with van der Waals surface area (Å²) in [6, 6.07) is 4.19. The van der Waals surface area contributed by atoms with Gasteiger partial charge in [-0.2, -0.15) is 0 Å². The highest BCUT2D eigenvalue weighted by Crippen LogP contribution is 2.25. The van der Waals surface area contributed by atoms with Crippen LogP contribution in [0.25, 0.3) is 0 Å². The van der Waals surface area contributed by atoms with Crippen LogP contribution in [0.3, 0.4) is 0 Å². The number of halogens is 1. The van der Waals surface area contributed by atoms with Gasteiger partial charge in [-0.15, -0.1) is 12.4 Å². The van der Waals surface area contributed by atoms with Crippen LogP contribution in [-0.4, -0.2) is 36.3 Å². The van der Waals surface area contributed by atoms with Crippen molar-refractivity contribution < 1.29 is 9.59 Å². The molecule has 2 rings (SSSR count). The van der Waals surface area contributed by atoms with Crippen molar-refractivity contribution in [2.24, 2.45) is 11.7 Å². The first-order valence-corrected chi connectivity index (χ1v) is 8.66. The van der Waals surface area contributed by atoms with Gasteiger partial charge in [0.2, 0.25) is 11.8 Å². The summed E-state index contributed by atoms with van der Waals surface area (Å²) in [4.78, 5) is 26.4. The van der Waals surface area contributed by atoms with Crippen LogP contribution in [0.15, 0.2) is 12.1 Å². The van der Waals surface area contributed by atoms with Crippen LogP contribution in [-0.2, 0) is 9.59 Å². The lowest BCUT2D eigenvalue weighted by Gasteiger charge is -2.29. The predicted molar refractivity (Wildman–Crippen MR) is 104 cm³/mol. The fraction of sp³-hybridized carbons (Fsp3) is 0.579. The van der Waals surface area contributed by atoms with Crippen molar-refractivity contribution in [3.05, 3.63) is 28.8 Å². The second kappa shape index (κ2) is 9.20. The zero-order chi connectivity index (χ0) is 17.9. The van der Waals surface area contributed by atoms with Crippen molar-refractivity contribution in [3.63, 3.8) is 0 Å². The number of benzene rings is 1. The Kier molecular flexibility index (Phi) is 7.90. The third-order valence-electron chi connectivity index (χ3n) is 4.76. The lowest BCUT2D eigenvalue weighted by molar-refractivity contribution is -0.138. The molecule has 0 bridgehead atoms. The van der Waals surface area contributed by atoms with Gasteiger partial charge in [0.1, 0.15) is 0 Å². The molecule has 0 saturated heterocycles. The molecule has 0 aliphatic heterocycles. The zero-order valence-electron chi connectivity index (χ0n) is 15.6. The molecule has 6 heteroatoms. The van der Waals surface area contributed by atoms with Crippen LogP contribution in [0.2, 0.25) is 0 Å². The molecule has 1 aromatic rings. The Balaban J connectivity index is 0.00000312. The zero-order valence-corrected chi connectivity index (χ0v) is 16.4. The predicted octanol–water partition coefficient (Wildman–Crippen LogP) is 2.95. The van der Waals surface area contributed by atoms with E-state index in [-0.39, 0.29) is 42.7 Å². The van der Waals surface area contributed by atoms with Crippen molar-refractivity contribution in [1.82, 2.24) is 4.90 Å². The number of amides is 2. The lowest BCUT2D eigenvalue weighted by Crippen LogP contribution is -2.42. The monoisotopic (exact) mass is 367 g/mol. The van der Waals surface area contributed by atoms with E-state index in [0.717, 1.165) is 42.5 Å². The number of hydrogen-bond donors (Lipinski definition) is 2. The standard InChI is InChI=1S/C19H29N3O2.ClH/c1-12-8-13(2)18(14(3)9-12)21-17(23)11-22(4)19(24)15-6-5-7-16(20)10-15;/h8-9,15-16H,5-7,10-11,20H2,1-4H3,(H,21,23);1H. The minimum absolute atomic E-state index is 0. The van der Waals surface area contributed by atoms with E-state index in [9.17, 15) is 9.59 Å². The van der Waals surface area contributed by atoms with Crippen molar-refractivity contribution in [2.45, 2.75) is 52.5 Å². The van der Waals surface area contributed by atoms with Gasteiger partial charge in [0, 0.05) is 24.7 Å². The summed E-state index contributed by atoms with van der Waals surface area (Å²) in [6.45, 7) is 6.06. The van der Waals surface area contributed by atoms with E-state index in [1.165, 1.54) is 10.5 Å². The largest absolute Gasteiger partial charge is 0.336 e. The Morgan fingerprint density at radius 1 is 1.20 bits per heavy atom. The third kappa shape index (κ3) is 5.72. The molecule has 1 fully saturated rings. The van der Waals surface area contributed by atoms with Gasteiger partial charge >= 0.3 is 0 Å². The number of carbonyl (C=O) groups excluding carboxylic acids is 2. The molecule has 2 amide bonds. The van der Waals surface area contributed by atoms with Gasteiger partial charge in [-0.3, -0.25) is 9.59 Å². The fourth-order valence-electron chi connectivity index (χ4n) is 3.61. The second-order valence-electron chi connectivity index (χ2n) is 7.14. The minimum atomic E-state index is -0.166. The van der Waals surface area contributed by atoms with Gasteiger partial charge in [-0.1, -0.05) is 24.1 Å². The van der Waals surface area contributed by atoms with Gasteiger partial charge in [0.15, 0.2) is 0 Å². The van der Waals surface area contributed by atoms with Gasteiger partial charge in [-0.25, -0.2) is 0 Å². The Labute approximate surface area is 156 Å². The lowest BCUT2D eigenvalue weighted by atomic mass is 9.85. The van der Waals surface area contributed by atoms with Crippen LogP contribution in [0, 0.1) is 26.7 Å². The molecule has 0 aromatic heterocycles. The number of likely N-dealkylation sites (N-methyl/N-ethyl adjacent to an activating group) is 1. The number of anilines is 1. The molecule has 0 heterocycles. The van der Waals surface area contributed by atoms with Crippen molar-refractivity contribution in [2.75, 3.05) is 18.9 Å². The first-order chi connectivity index (χ1) is 11.3.